The van der Waals surface area contributed by atoms with Crippen LogP contribution in [0.25, 0.3) is 10.1 Å². The van der Waals surface area contributed by atoms with Crippen LogP contribution in [0.2, 0.25) is 0 Å². The number of aromatic nitrogens is 1. The second-order valence-electron chi connectivity index (χ2n) is 3.68. The van der Waals surface area contributed by atoms with Gasteiger partial charge in [-0.15, -0.1) is 11.3 Å². The van der Waals surface area contributed by atoms with Crippen LogP contribution in [0.15, 0.2) is 23.7 Å². The number of hydrogen-bond donors (Lipinski definition) is 1. The molecule has 0 radical (unpaired) electrons. The van der Waals surface area contributed by atoms with Gasteiger partial charge in [0.2, 0.25) is 0 Å². The third-order valence-corrected chi connectivity index (χ3v) is 3.52. The standard InChI is InChI=1S/C10H10N2S/c11-10(2-3-10)9-5-8-7(6-12-9)1-4-13-8/h1,4-6H,2-3,11H2. The van der Waals surface area contributed by atoms with Gasteiger partial charge >= 0.3 is 0 Å². The fraction of sp³-hybridized carbons (Fsp3) is 0.300. The molecule has 0 aliphatic heterocycles. The van der Waals surface area contributed by atoms with Crippen LogP contribution in [0.4, 0.5) is 0 Å². The Morgan fingerprint density at radius 1 is 1.46 bits per heavy atom. The molecule has 1 aliphatic carbocycles. The smallest absolute Gasteiger partial charge is 0.0616 e. The molecule has 0 amide bonds. The largest absolute Gasteiger partial charge is 0.320 e. The third kappa shape index (κ3) is 1.08. The van der Waals surface area contributed by atoms with E-state index in [0.717, 1.165) is 18.5 Å². The van der Waals surface area contributed by atoms with Gasteiger partial charge in [-0.25, -0.2) is 0 Å². The zero-order valence-corrected chi connectivity index (χ0v) is 7.97. The lowest BCUT2D eigenvalue weighted by atomic mass is 10.1. The Kier molecular flexibility index (Phi) is 1.32. The minimum absolute atomic E-state index is 0.0990. The van der Waals surface area contributed by atoms with Crippen LogP contribution < -0.4 is 5.73 Å². The lowest BCUT2D eigenvalue weighted by molar-refractivity contribution is 0.710. The topological polar surface area (TPSA) is 38.9 Å². The quantitative estimate of drug-likeness (QED) is 0.749. The molecular weight excluding hydrogens is 180 g/mol. The van der Waals surface area contributed by atoms with Gasteiger partial charge in [0.25, 0.3) is 0 Å². The first-order valence-electron chi connectivity index (χ1n) is 4.41. The van der Waals surface area contributed by atoms with Crippen LogP contribution in [0, 0.1) is 0 Å². The number of nitrogens with two attached hydrogens (primary N) is 1. The normalized spacial score (nSPS) is 19.2. The number of hydrogen-bond acceptors (Lipinski definition) is 3. The molecule has 2 nitrogen and oxygen atoms in total. The van der Waals surface area contributed by atoms with Gasteiger partial charge in [-0.1, -0.05) is 0 Å². The maximum atomic E-state index is 6.07. The molecule has 0 aromatic carbocycles. The molecule has 0 unspecified atom stereocenters. The summed E-state index contributed by atoms with van der Waals surface area (Å²) in [5.41, 5.74) is 7.03. The average molecular weight is 190 g/mol. The van der Waals surface area contributed by atoms with E-state index < -0.39 is 0 Å². The summed E-state index contributed by atoms with van der Waals surface area (Å²) in [6.45, 7) is 0. The summed E-state index contributed by atoms with van der Waals surface area (Å²) in [6, 6.07) is 4.22. The molecule has 1 fully saturated rings. The maximum absolute atomic E-state index is 6.07. The van der Waals surface area contributed by atoms with Gasteiger partial charge in [0.15, 0.2) is 0 Å². The zero-order valence-electron chi connectivity index (χ0n) is 7.16. The van der Waals surface area contributed by atoms with E-state index in [1.165, 1.54) is 10.1 Å². The van der Waals surface area contributed by atoms with Gasteiger partial charge in [0, 0.05) is 16.3 Å². The van der Waals surface area contributed by atoms with Crippen molar-refractivity contribution < 1.29 is 0 Å². The highest BCUT2D eigenvalue weighted by atomic mass is 32.1. The second kappa shape index (κ2) is 2.30. The summed E-state index contributed by atoms with van der Waals surface area (Å²) >= 11 is 1.75. The van der Waals surface area contributed by atoms with Gasteiger partial charge in [0.05, 0.1) is 11.2 Å². The number of pyridine rings is 1. The first-order valence-corrected chi connectivity index (χ1v) is 5.29. The first kappa shape index (κ1) is 7.47. The number of fused-ring (bicyclic) bond motifs is 1. The summed E-state index contributed by atoms with van der Waals surface area (Å²) in [6.07, 6.45) is 4.09. The van der Waals surface area contributed by atoms with Crippen molar-refractivity contribution in [1.29, 1.82) is 0 Å². The molecule has 0 atom stereocenters. The molecule has 13 heavy (non-hydrogen) atoms. The molecule has 1 saturated carbocycles. The van der Waals surface area contributed by atoms with Crippen LogP contribution in [0.5, 0.6) is 0 Å². The Morgan fingerprint density at radius 2 is 2.31 bits per heavy atom. The molecule has 0 saturated heterocycles. The SMILES string of the molecule is NC1(c2cc3sccc3cn2)CC1. The van der Waals surface area contributed by atoms with Crippen molar-refractivity contribution in [1.82, 2.24) is 4.98 Å². The maximum Gasteiger partial charge on any atom is 0.0616 e. The Labute approximate surface area is 80.4 Å². The molecule has 2 aromatic rings. The van der Waals surface area contributed by atoms with Crippen molar-refractivity contribution in [3.63, 3.8) is 0 Å². The predicted molar refractivity (Wildman–Crippen MR) is 54.7 cm³/mol. The van der Waals surface area contributed by atoms with E-state index in [1.54, 1.807) is 11.3 Å². The number of rotatable bonds is 1. The Morgan fingerprint density at radius 3 is 3.08 bits per heavy atom. The molecule has 1 aliphatic rings. The Bertz CT molecular complexity index is 457. The third-order valence-electron chi connectivity index (χ3n) is 2.64. The van der Waals surface area contributed by atoms with Crippen LogP contribution in [-0.2, 0) is 5.54 Å². The number of nitrogens with zero attached hydrogens (tertiary/aromatic N) is 1. The number of thiophene rings is 1. The second-order valence-corrected chi connectivity index (χ2v) is 4.63. The highest BCUT2D eigenvalue weighted by molar-refractivity contribution is 7.17. The molecule has 3 rings (SSSR count). The summed E-state index contributed by atoms with van der Waals surface area (Å²) in [5, 5.41) is 3.31. The Hall–Kier alpha value is -0.930. The van der Waals surface area contributed by atoms with Crippen molar-refractivity contribution in [2.75, 3.05) is 0 Å². The van der Waals surface area contributed by atoms with Crippen LogP contribution >= 0.6 is 11.3 Å². The van der Waals surface area contributed by atoms with Crippen LogP contribution in [0.1, 0.15) is 18.5 Å². The van der Waals surface area contributed by atoms with Gasteiger partial charge < -0.3 is 5.73 Å². The predicted octanol–water partition coefficient (Wildman–Crippen LogP) is 2.24. The van der Waals surface area contributed by atoms with E-state index in [2.05, 4.69) is 22.5 Å². The van der Waals surface area contributed by atoms with Gasteiger partial charge in [-0.3, -0.25) is 4.98 Å². The van der Waals surface area contributed by atoms with Gasteiger partial charge in [-0.2, -0.15) is 0 Å². The van der Waals surface area contributed by atoms with Crippen LogP contribution in [0.3, 0.4) is 0 Å². The van der Waals surface area contributed by atoms with Crippen molar-refractivity contribution in [3.05, 3.63) is 29.4 Å². The monoisotopic (exact) mass is 190 g/mol. The minimum Gasteiger partial charge on any atom is -0.320 e. The van der Waals surface area contributed by atoms with Crippen molar-refractivity contribution >= 4 is 21.4 Å². The molecule has 0 spiro atoms. The van der Waals surface area contributed by atoms with E-state index in [9.17, 15) is 0 Å². The first-order chi connectivity index (χ1) is 6.28. The molecule has 0 bridgehead atoms. The highest BCUT2D eigenvalue weighted by Crippen LogP contribution is 2.42. The Balaban J connectivity index is 2.20. The fourth-order valence-corrected chi connectivity index (χ4v) is 2.32. The molecule has 66 valence electrons. The zero-order chi connectivity index (χ0) is 8.89. The molecule has 2 N–H and O–H groups in total. The van der Waals surface area contributed by atoms with E-state index in [0.29, 0.717) is 0 Å². The lowest BCUT2D eigenvalue weighted by Crippen LogP contribution is -2.19. The summed E-state index contributed by atoms with van der Waals surface area (Å²) in [7, 11) is 0. The molecule has 2 aromatic heterocycles. The molecular formula is C10H10N2S. The fourth-order valence-electron chi connectivity index (χ4n) is 1.52. The van der Waals surface area contributed by atoms with E-state index in [1.807, 2.05) is 6.20 Å². The van der Waals surface area contributed by atoms with E-state index in [-0.39, 0.29) is 5.54 Å². The summed E-state index contributed by atoms with van der Waals surface area (Å²) < 4.78 is 1.29. The summed E-state index contributed by atoms with van der Waals surface area (Å²) in [5.74, 6) is 0. The lowest BCUT2D eigenvalue weighted by Gasteiger charge is -2.06. The average Bonchev–Trinajstić information content (AvgIpc) is 2.74. The minimum atomic E-state index is -0.0990. The van der Waals surface area contributed by atoms with Gasteiger partial charge in [-0.05, 0) is 30.4 Å². The highest BCUT2D eigenvalue weighted by Gasteiger charge is 2.41. The molecule has 3 heteroatoms. The summed E-state index contributed by atoms with van der Waals surface area (Å²) in [4.78, 5) is 4.39. The van der Waals surface area contributed by atoms with Gasteiger partial charge in [0.1, 0.15) is 0 Å². The van der Waals surface area contributed by atoms with E-state index >= 15 is 0 Å². The van der Waals surface area contributed by atoms with Crippen molar-refractivity contribution in [2.45, 2.75) is 18.4 Å². The van der Waals surface area contributed by atoms with Crippen LogP contribution in [-0.4, -0.2) is 4.98 Å². The van der Waals surface area contributed by atoms with E-state index in [4.69, 9.17) is 5.73 Å². The van der Waals surface area contributed by atoms with Crippen molar-refractivity contribution in [3.8, 4) is 0 Å². The van der Waals surface area contributed by atoms with Crippen molar-refractivity contribution in [2.24, 2.45) is 5.73 Å². The molecule has 2 heterocycles.